The normalized spacial score (nSPS) is 14.6. The fourth-order valence-electron chi connectivity index (χ4n) is 3.17. The summed E-state index contributed by atoms with van der Waals surface area (Å²) >= 11 is 0. The number of hydrogen-bond donors (Lipinski definition) is 3. The molecule has 0 unspecified atom stereocenters. The van der Waals surface area contributed by atoms with Crippen molar-refractivity contribution in [2.24, 2.45) is 0 Å². The molecule has 0 saturated carbocycles. The van der Waals surface area contributed by atoms with E-state index in [1.807, 2.05) is 18.3 Å². The van der Waals surface area contributed by atoms with Crippen molar-refractivity contribution >= 4 is 23.0 Å². The van der Waals surface area contributed by atoms with Crippen molar-refractivity contribution in [3.8, 4) is 11.3 Å². The van der Waals surface area contributed by atoms with Gasteiger partial charge in [0, 0.05) is 37.9 Å². The van der Waals surface area contributed by atoms with Crippen LogP contribution >= 0.6 is 0 Å². The average Bonchev–Trinajstić information content (AvgIpc) is 3.42. The Kier molecular flexibility index (Phi) is 3.87. The van der Waals surface area contributed by atoms with Crippen LogP contribution < -0.4 is 15.5 Å². The smallest absolute Gasteiger partial charge is 0.199 e. The largest absolute Gasteiger partial charge is 0.354 e. The van der Waals surface area contributed by atoms with Crippen LogP contribution in [0.4, 0.5) is 17.3 Å². The van der Waals surface area contributed by atoms with Gasteiger partial charge in [-0.25, -0.2) is 19.5 Å². The molecule has 1 aliphatic heterocycles. The number of nitrogens with zero attached hydrogens (tertiary/aromatic N) is 7. The van der Waals surface area contributed by atoms with Gasteiger partial charge in [-0.15, -0.1) is 0 Å². The Morgan fingerprint density at radius 3 is 2.70 bits per heavy atom. The lowest BCUT2D eigenvalue weighted by Gasteiger charge is -2.28. The van der Waals surface area contributed by atoms with E-state index >= 15 is 0 Å². The van der Waals surface area contributed by atoms with Crippen LogP contribution in [-0.2, 0) is 0 Å². The second kappa shape index (κ2) is 6.65. The minimum Gasteiger partial charge on any atom is -0.354 e. The number of piperazine rings is 1. The maximum absolute atomic E-state index is 4.58. The molecule has 4 aromatic heterocycles. The lowest BCUT2D eigenvalue weighted by atomic mass is 10.3. The van der Waals surface area contributed by atoms with Crippen LogP contribution in [0.15, 0.2) is 43.2 Å². The average molecular weight is 362 g/mol. The van der Waals surface area contributed by atoms with Gasteiger partial charge >= 0.3 is 0 Å². The van der Waals surface area contributed by atoms with Crippen molar-refractivity contribution < 1.29 is 0 Å². The zero-order chi connectivity index (χ0) is 18.1. The molecule has 0 amide bonds. The molecule has 10 heteroatoms. The summed E-state index contributed by atoms with van der Waals surface area (Å²) in [4.78, 5) is 15.7. The standard InChI is InChI=1S/C17H18N10/c1-2-15(26-5-3-18-4-6-26)19-9-13(1)25-16-17-21-11-24-27(17)14(10-20-16)12-7-22-23-8-12/h1-2,7-11,18H,3-6H2,(H,20,25)(H,22,23). The first kappa shape index (κ1) is 15.7. The minimum atomic E-state index is 0.622. The van der Waals surface area contributed by atoms with Gasteiger partial charge in [-0.2, -0.15) is 10.2 Å². The molecule has 27 heavy (non-hydrogen) atoms. The van der Waals surface area contributed by atoms with Gasteiger partial charge in [-0.05, 0) is 12.1 Å². The summed E-state index contributed by atoms with van der Waals surface area (Å²) in [6.07, 6.45) is 8.60. The van der Waals surface area contributed by atoms with Gasteiger partial charge in [-0.1, -0.05) is 0 Å². The third-order valence-corrected chi connectivity index (χ3v) is 4.55. The zero-order valence-corrected chi connectivity index (χ0v) is 14.5. The summed E-state index contributed by atoms with van der Waals surface area (Å²) in [5.74, 6) is 1.61. The summed E-state index contributed by atoms with van der Waals surface area (Å²) in [6.45, 7) is 3.91. The van der Waals surface area contributed by atoms with Crippen molar-refractivity contribution in [1.29, 1.82) is 0 Å². The second-order valence-electron chi connectivity index (χ2n) is 6.24. The van der Waals surface area contributed by atoms with E-state index in [9.17, 15) is 0 Å². The highest BCUT2D eigenvalue weighted by Gasteiger charge is 2.14. The summed E-state index contributed by atoms with van der Waals surface area (Å²) in [5.41, 5.74) is 3.20. The predicted octanol–water partition coefficient (Wildman–Crippen LogP) is 1.06. The van der Waals surface area contributed by atoms with Crippen molar-refractivity contribution in [2.45, 2.75) is 0 Å². The molecule has 0 radical (unpaired) electrons. The fraction of sp³-hybridized carbons (Fsp3) is 0.235. The first-order chi connectivity index (χ1) is 13.4. The molecule has 0 spiro atoms. The molecule has 136 valence electrons. The molecule has 5 heterocycles. The number of aromatic nitrogens is 7. The monoisotopic (exact) mass is 362 g/mol. The van der Waals surface area contributed by atoms with Crippen LogP contribution in [0.1, 0.15) is 0 Å². The van der Waals surface area contributed by atoms with Crippen LogP contribution in [0, 0.1) is 0 Å². The molecule has 0 aliphatic carbocycles. The Balaban J connectivity index is 1.42. The third kappa shape index (κ3) is 2.95. The molecule has 1 fully saturated rings. The van der Waals surface area contributed by atoms with E-state index in [0.717, 1.165) is 48.9 Å². The summed E-state index contributed by atoms with van der Waals surface area (Å²) in [7, 11) is 0. The van der Waals surface area contributed by atoms with Crippen molar-refractivity contribution in [3.63, 3.8) is 0 Å². The minimum absolute atomic E-state index is 0.622. The Labute approximate surface area is 154 Å². The lowest BCUT2D eigenvalue weighted by molar-refractivity contribution is 0.585. The van der Waals surface area contributed by atoms with Gasteiger partial charge < -0.3 is 15.5 Å². The molecule has 5 rings (SSSR count). The number of aromatic amines is 1. The zero-order valence-electron chi connectivity index (χ0n) is 14.5. The van der Waals surface area contributed by atoms with Crippen LogP contribution in [0.2, 0.25) is 0 Å². The van der Waals surface area contributed by atoms with Crippen molar-refractivity contribution in [2.75, 3.05) is 36.4 Å². The Morgan fingerprint density at radius 2 is 1.93 bits per heavy atom. The molecule has 10 nitrogen and oxygen atoms in total. The maximum atomic E-state index is 4.58. The molecule has 1 aliphatic rings. The van der Waals surface area contributed by atoms with E-state index in [1.165, 1.54) is 6.33 Å². The maximum Gasteiger partial charge on any atom is 0.199 e. The summed E-state index contributed by atoms with van der Waals surface area (Å²) in [5, 5.41) is 17.7. The van der Waals surface area contributed by atoms with Gasteiger partial charge in [0.25, 0.3) is 0 Å². The first-order valence-electron chi connectivity index (χ1n) is 8.75. The van der Waals surface area contributed by atoms with Gasteiger partial charge in [0.05, 0.1) is 30.0 Å². The number of pyridine rings is 1. The number of nitrogens with one attached hydrogen (secondary N) is 3. The Morgan fingerprint density at radius 1 is 1.00 bits per heavy atom. The summed E-state index contributed by atoms with van der Waals surface area (Å²) in [6, 6.07) is 4.03. The van der Waals surface area contributed by atoms with E-state index in [0.29, 0.717) is 11.5 Å². The Bertz CT molecular complexity index is 1030. The van der Waals surface area contributed by atoms with Crippen LogP contribution in [-0.4, -0.2) is 60.9 Å². The fourth-order valence-corrected chi connectivity index (χ4v) is 3.17. The van der Waals surface area contributed by atoms with Crippen LogP contribution in [0.3, 0.4) is 0 Å². The number of rotatable bonds is 4. The third-order valence-electron chi connectivity index (χ3n) is 4.55. The van der Waals surface area contributed by atoms with Crippen molar-refractivity contribution in [3.05, 3.63) is 43.2 Å². The number of H-pyrrole nitrogens is 1. The predicted molar refractivity (Wildman–Crippen MR) is 101 cm³/mol. The molecule has 4 aromatic rings. The molecule has 0 aromatic carbocycles. The highest BCUT2D eigenvalue weighted by atomic mass is 15.3. The van der Waals surface area contributed by atoms with E-state index in [4.69, 9.17) is 0 Å². The van der Waals surface area contributed by atoms with E-state index in [-0.39, 0.29) is 0 Å². The van der Waals surface area contributed by atoms with Gasteiger partial charge in [-0.3, -0.25) is 5.10 Å². The van der Waals surface area contributed by atoms with Crippen LogP contribution in [0.5, 0.6) is 0 Å². The molecule has 0 bridgehead atoms. The molecular weight excluding hydrogens is 344 g/mol. The molecule has 0 atom stereocenters. The Hall–Kier alpha value is -3.53. The quantitative estimate of drug-likeness (QED) is 0.494. The molecule has 3 N–H and O–H groups in total. The number of fused-ring (bicyclic) bond motifs is 1. The van der Waals surface area contributed by atoms with Gasteiger partial charge in [0.15, 0.2) is 11.5 Å². The highest BCUT2D eigenvalue weighted by molar-refractivity contribution is 5.73. The topological polar surface area (TPSA) is 112 Å². The highest BCUT2D eigenvalue weighted by Crippen LogP contribution is 2.24. The lowest BCUT2D eigenvalue weighted by Crippen LogP contribution is -2.43. The molecular formula is C17H18N10. The van der Waals surface area contributed by atoms with Gasteiger partial charge in [0.2, 0.25) is 0 Å². The second-order valence-corrected chi connectivity index (χ2v) is 6.24. The van der Waals surface area contributed by atoms with Gasteiger partial charge in [0.1, 0.15) is 12.1 Å². The van der Waals surface area contributed by atoms with Crippen molar-refractivity contribution in [1.82, 2.24) is 40.1 Å². The molecule has 1 saturated heterocycles. The summed E-state index contributed by atoms with van der Waals surface area (Å²) < 4.78 is 1.74. The number of hydrogen-bond acceptors (Lipinski definition) is 8. The SMILES string of the molecule is c1nc2c(Nc3ccc(N4CCNCC4)nc3)ncc(-c3cn[nH]c3)n2n1. The first-order valence-corrected chi connectivity index (χ1v) is 8.75. The number of anilines is 3. The van der Waals surface area contributed by atoms with Crippen LogP contribution in [0.25, 0.3) is 16.9 Å². The van der Waals surface area contributed by atoms with E-state index in [2.05, 4.69) is 45.8 Å². The van der Waals surface area contributed by atoms with E-state index < -0.39 is 0 Å². The van der Waals surface area contributed by atoms with E-state index in [1.54, 1.807) is 23.1 Å².